The molecule has 28 aromatic rings. The molecule has 0 bridgehead atoms. The monoisotopic (exact) mass is 1720 g/mol. The minimum absolute atomic E-state index is 0.609. The average Bonchev–Trinajstić information content (AvgIpc) is 1.58. The summed E-state index contributed by atoms with van der Waals surface area (Å²) in [7, 11) is 0. The van der Waals surface area contributed by atoms with E-state index in [0.29, 0.717) is 34.9 Å². The van der Waals surface area contributed by atoms with Gasteiger partial charge in [-0.1, -0.05) is 243 Å². The second kappa shape index (κ2) is 29.0. The molecule has 0 atom stereocenters. The minimum Gasteiger partial charge on any atom is -0.456 e. The molecule has 0 spiro atoms. The van der Waals surface area contributed by atoms with Crippen LogP contribution >= 0.6 is 56.7 Å². The van der Waals surface area contributed by atoms with E-state index in [9.17, 15) is 0 Å². The molecule has 0 unspecified atom stereocenters. The summed E-state index contributed by atoms with van der Waals surface area (Å²) >= 11 is 9.36. The number of aromatic nitrogens is 8. The molecule has 596 valence electrons. The summed E-state index contributed by atoms with van der Waals surface area (Å²) in [5.74, 6) is 3.85. The number of fused-ring (bicyclic) bond motifs is 24. The molecule has 0 saturated carbocycles. The van der Waals surface area contributed by atoms with Crippen molar-refractivity contribution in [3.05, 3.63) is 388 Å². The number of thiophene rings is 5. The Morgan fingerprint density at radius 3 is 1.02 bits per heavy atom. The van der Waals surface area contributed by atoms with Crippen molar-refractivity contribution >= 4 is 223 Å². The maximum Gasteiger partial charge on any atom is 0.165 e. The van der Waals surface area contributed by atoms with Crippen molar-refractivity contribution < 1.29 is 4.42 Å². The molecule has 0 aliphatic heterocycles. The molecule has 128 heavy (non-hydrogen) atoms. The van der Waals surface area contributed by atoms with Crippen molar-refractivity contribution in [3.63, 3.8) is 0 Å². The van der Waals surface area contributed by atoms with Crippen LogP contribution in [0.1, 0.15) is 0 Å². The highest BCUT2D eigenvalue weighted by atomic mass is 32.1. The first-order valence-electron chi connectivity index (χ1n) is 42.7. The second-order valence-electron chi connectivity index (χ2n) is 32.7. The number of nitrogens with zero attached hydrogens (tertiary/aromatic N) is 8. The molecule has 10 aromatic heterocycles. The Balaban J connectivity index is 0.000000132. The van der Waals surface area contributed by atoms with Crippen LogP contribution in [0.15, 0.2) is 393 Å². The first-order chi connectivity index (χ1) is 63.4. The molecule has 0 fully saturated rings. The molecule has 0 N–H and O–H groups in total. The van der Waals surface area contributed by atoms with Gasteiger partial charge in [0.25, 0.3) is 0 Å². The van der Waals surface area contributed by atoms with Crippen LogP contribution in [0, 0.1) is 0 Å². The number of para-hydroxylation sites is 2. The maximum absolute atomic E-state index is 6.47. The van der Waals surface area contributed by atoms with Crippen molar-refractivity contribution in [2.75, 3.05) is 0 Å². The predicted molar refractivity (Wildman–Crippen MR) is 544 cm³/mol. The lowest BCUT2D eigenvalue weighted by atomic mass is 10.0. The minimum atomic E-state index is 0.609. The van der Waals surface area contributed by atoms with Gasteiger partial charge < -0.3 is 13.6 Å². The van der Waals surface area contributed by atoms with Gasteiger partial charge in [0, 0.05) is 168 Å². The van der Waals surface area contributed by atoms with E-state index in [0.717, 1.165) is 82.4 Å². The van der Waals surface area contributed by atoms with Gasteiger partial charge in [0.1, 0.15) is 11.2 Å². The number of rotatable bonds is 10. The van der Waals surface area contributed by atoms with Gasteiger partial charge in [0.2, 0.25) is 0 Å². The van der Waals surface area contributed by atoms with Crippen LogP contribution in [-0.4, -0.2) is 39.0 Å². The molecule has 0 radical (unpaired) electrons. The third kappa shape index (κ3) is 11.8. The Hall–Kier alpha value is -15.5. The van der Waals surface area contributed by atoms with Crippen molar-refractivity contribution in [1.82, 2.24) is 39.0 Å². The first kappa shape index (κ1) is 72.9. The topological polar surface area (TPSA) is 100 Å². The van der Waals surface area contributed by atoms with Gasteiger partial charge >= 0.3 is 0 Å². The highest BCUT2D eigenvalue weighted by molar-refractivity contribution is 7.28. The molecular weight excluding hydrogens is 1660 g/mol. The molecule has 28 rings (SSSR count). The fourth-order valence-corrected chi connectivity index (χ4v) is 25.0. The zero-order valence-electron chi connectivity index (χ0n) is 68.0. The van der Waals surface area contributed by atoms with Gasteiger partial charge in [-0.2, -0.15) is 0 Å². The fraction of sp³-hybridized carbons (Fsp3) is 0. The van der Waals surface area contributed by atoms with Crippen molar-refractivity contribution in [2.45, 2.75) is 0 Å². The highest BCUT2D eigenvalue weighted by Gasteiger charge is 2.25. The van der Waals surface area contributed by atoms with Crippen LogP contribution in [0.4, 0.5) is 0 Å². The van der Waals surface area contributed by atoms with E-state index in [2.05, 4.69) is 288 Å². The van der Waals surface area contributed by atoms with Crippen molar-refractivity contribution in [1.29, 1.82) is 0 Å². The summed E-state index contributed by atoms with van der Waals surface area (Å²) in [4.78, 5) is 30.2. The lowest BCUT2D eigenvalue weighted by Gasteiger charge is -2.10. The molecule has 0 aliphatic rings. The smallest absolute Gasteiger partial charge is 0.165 e. The van der Waals surface area contributed by atoms with Crippen LogP contribution < -0.4 is 0 Å². The van der Waals surface area contributed by atoms with E-state index in [4.69, 9.17) is 34.3 Å². The Morgan fingerprint density at radius 2 is 0.516 bits per heavy atom. The van der Waals surface area contributed by atoms with Gasteiger partial charge in [-0.05, 0) is 168 Å². The summed E-state index contributed by atoms with van der Waals surface area (Å²) in [5.41, 5.74) is 19.1. The van der Waals surface area contributed by atoms with Gasteiger partial charge in [0.15, 0.2) is 34.9 Å². The molecule has 14 heteroatoms. The van der Waals surface area contributed by atoms with Crippen LogP contribution in [0.25, 0.3) is 268 Å². The van der Waals surface area contributed by atoms with E-state index in [1.165, 1.54) is 151 Å². The number of benzene rings is 18. The zero-order chi connectivity index (χ0) is 83.8. The first-order valence-corrected chi connectivity index (χ1v) is 46.7. The summed E-state index contributed by atoms with van der Waals surface area (Å²) in [6, 6.07) is 139. The lowest BCUT2D eigenvalue weighted by molar-refractivity contribution is 0.669. The summed E-state index contributed by atoms with van der Waals surface area (Å²) in [6.45, 7) is 0. The standard InChI is InChI=1S/C57H32N4OS2.C57H32N4S3/c1-3-11-33(12-4-1)55-58-56(34-13-5-2-6-14-34)60-57(59-55)37-20-24-49-42(29-37)43-30-38(22-25-50(43)62-49)61-47-17-9-7-15-39(47)41-27-35(19-23-48(41)61)36-21-26-52-44(28-36)46-32-53-45(31-54(46)64-52)40-16-8-10-18-51(40)63-53;1-3-13-33(14-4-1)55-58-56(34-15-5-2-6-16-34)60-57(59-55)41-21-11-19-39-40-20-12-23-48(54(40)64-53(39)41)61-46-22-9-7-17-37(46)42-29-35(25-27-47(42)61)36-26-28-50-43(30-36)45-32-51-44(31-52(45)63-50)38-18-8-10-24-49(38)62-51/h2*1-32H. The lowest BCUT2D eigenvalue weighted by Crippen LogP contribution is -2.00. The van der Waals surface area contributed by atoms with E-state index in [-0.39, 0.29) is 0 Å². The number of furan rings is 1. The Morgan fingerprint density at radius 1 is 0.180 bits per heavy atom. The zero-order valence-corrected chi connectivity index (χ0v) is 72.1. The molecule has 18 aromatic carbocycles. The van der Waals surface area contributed by atoms with Crippen molar-refractivity contribution in [3.8, 4) is 102 Å². The normalized spacial score (nSPS) is 12.1. The molecule has 0 amide bonds. The molecule has 0 saturated heterocycles. The predicted octanol–water partition coefficient (Wildman–Crippen LogP) is 33.0. The average molecular weight is 1720 g/mol. The SMILES string of the molecule is c1ccc(-c2nc(-c3ccccc3)nc(-c3ccc4oc5ccc(-n6c7ccccc7c7cc(-c8ccc9sc%10cc%11c(cc%10c9c8)sc8ccccc8%11)ccc76)cc5c4c3)n2)cc1.c1ccc(-c2nc(-c3ccccc3)nc(-c3cccc4c3sc3c(-n5c6ccccc6c6cc(-c7ccc8sc9cc%10c(cc9c8c7)sc7ccccc7%10)ccc65)cccc34)n2)cc1. The summed E-state index contributed by atoms with van der Waals surface area (Å²) in [6.07, 6.45) is 0. The molecule has 9 nitrogen and oxygen atoms in total. The Kier molecular flexibility index (Phi) is 16.5. The Bertz CT molecular complexity index is 9370. The summed E-state index contributed by atoms with van der Waals surface area (Å²) < 4.78 is 24.4. The van der Waals surface area contributed by atoms with Crippen molar-refractivity contribution in [2.24, 2.45) is 0 Å². The largest absolute Gasteiger partial charge is 0.456 e. The third-order valence-corrected chi connectivity index (χ3v) is 31.1. The molecule has 10 heterocycles. The summed E-state index contributed by atoms with van der Waals surface area (Å²) in [5, 5.41) is 20.0. The quantitative estimate of drug-likeness (QED) is 0.134. The fourth-order valence-electron chi connectivity index (χ4n) is 19.3. The highest BCUT2D eigenvalue weighted by Crippen LogP contribution is 2.50. The van der Waals surface area contributed by atoms with E-state index in [1.807, 2.05) is 166 Å². The maximum atomic E-state index is 6.47. The van der Waals surface area contributed by atoms with Crippen LogP contribution in [0.5, 0.6) is 0 Å². The van der Waals surface area contributed by atoms with Gasteiger partial charge in [0.05, 0.1) is 32.5 Å². The van der Waals surface area contributed by atoms with E-state index in [1.54, 1.807) is 0 Å². The Labute approximate surface area is 750 Å². The van der Waals surface area contributed by atoms with E-state index >= 15 is 0 Å². The third-order valence-electron chi connectivity index (χ3n) is 25.3. The van der Waals surface area contributed by atoms with Crippen LogP contribution in [-0.2, 0) is 0 Å². The van der Waals surface area contributed by atoms with Crippen LogP contribution in [0.3, 0.4) is 0 Å². The number of hydrogen-bond donors (Lipinski definition) is 0. The second-order valence-corrected chi connectivity index (χ2v) is 38.0. The van der Waals surface area contributed by atoms with E-state index < -0.39 is 0 Å². The van der Waals surface area contributed by atoms with Gasteiger partial charge in [-0.3, -0.25) is 0 Å². The van der Waals surface area contributed by atoms with Crippen LogP contribution in [0.2, 0.25) is 0 Å². The number of hydrogen-bond acceptors (Lipinski definition) is 12. The molecule has 0 aliphatic carbocycles. The molecular formula is C114H64N8OS5. The van der Waals surface area contributed by atoms with Gasteiger partial charge in [-0.25, -0.2) is 29.9 Å². The van der Waals surface area contributed by atoms with Gasteiger partial charge in [-0.15, -0.1) is 56.7 Å².